The van der Waals surface area contributed by atoms with Gasteiger partial charge in [-0.15, -0.1) is 0 Å². The molecule has 0 bridgehead atoms. The zero-order chi connectivity index (χ0) is 21.9. The number of halogens is 1. The van der Waals surface area contributed by atoms with E-state index in [2.05, 4.69) is 19.8 Å². The van der Waals surface area contributed by atoms with Crippen LogP contribution in [0.1, 0.15) is 42.9 Å². The van der Waals surface area contributed by atoms with Crippen LogP contribution in [0.5, 0.6) is 0 Å². The van der Waals surface area contributed by atoms with Gasteiger partial charge in [0.2, 0.25) is 0 Å². The first-order valence-corrected chi connectivity index (χ1v) is 11.4. The number of pyridine rings is 1. The number of rotatable bonds is 5. The van der Waals surface area contributed by atoms with Gasteiger partial charge in [-0.1, -0.05) is 6.07 Å². The van der Waals surface area contributed by atoms with E-state index in [1.165, 1.54) is 0 Å². The lowest BCUT2D eigenvalue weighted by atomic mass is 9.94. The molecule has 2 aromatic heterocycles. The molecule has 0 radical (unpaired) electrons. The maximum atomic E-state index is 14.7. The van der Waals surface area contributed by atoms with Gasteiger partial charge in [-0.25, -0.2) is 9.37 Å². The fraction of sp³-hybridized carbons (Fsp3) is 0.400. The molecule has 0 aliphatic carbocycles. The fourth-order valence-electron chi connectivity index (χ4n) is 4.89. The molecule has 32 heavy (non-hydrogen) atoms. The first kappa shape index (κ1) is 20.8. The van der Waals surface area contributed by atoms with Crippen LogP contribution in [0, 0.1) is 5.82 Å². The van der Waals surface area contributed by atoms with E-state index in [0.29, 0.717) is 12.4 Å². The van der Waals surface area contributed by atoms with Crippen LogP contribution in [0.4, 0.5) is 10.1 Å². The third-order valence-electron chi connectivity index (χ3n) is 6.50. The Labute approximate surface area is 187 Å². The van der Waals surface area contributed by atoms with Gasteiger partial charge in [-0.2, -0.15) is 0 Å². The summed E-state index contributed by atoms with van der Waals surface area (Å²) in [5.41, 5.74) is 3.24. The summed E-state index contributed by atoms with van der Waals surface area (Å²) < 4.78 is 14.7. The molecule has 7 heteroatoms. The molecule has 3 aromatic rings. The number of likely N-dealkylation sites (tertiary alicyclic amines) is 1. The molecule has 4 heterocycles. The van der Waals surface area contributed by atoms with E-state index in [4.69, 9.17) is 4.98 Å². The van der Waals surface area contributed by atoms with Crippen molar-refractivity contribution >= 4 is 5.69 Å². The maximum absolute atomic E-state index is 14.7. The number of nitrogens with zero attached hydrogens (tertiary/aromatic N) is 4. The van der Waals surface area contributed by atoms with Gasteiger partial charge >= 0.3 is 0 Å². The van der Waals surface area contributed by atoms with E-state index in [1.54, 1.807) is 24.5 Å². The number of anilines is 1. The van der Waals surface area contributed by atoms with Gasteiger partial charge in [0.25, 0.3) is 5.56 Å². The molecule has 2 fully saturated rings. The Morgan fingerprint density at radius 1 is 1.03 bits per heavy atom. The molecule has 2 aliphatic rings. The van der Waals surface area contributed by atoms with Crippen LogP contribution in [-0.4, -0.2) is 46.0 Å². The lowest BCUT2D eigenvalue weighted by Crippen LogP contribution is -2.34. The molecular weight excluding hydrogens is 405 g/mol. The zero-order valence-electron chi connectivity index (χ0n) is 18.1. The van der Waals surface area contributed by atoms with E-state index in [1.807, 2.05) is 24.3 Å². The van der Waals surface area contributed by atoms with Crippen molar-refractivity contribution in [2.24, 2.45) is 0 Å². The molecule has 1 aromatic carbocycles. The largest absolute Gasteiger partial charge is 0.369 e. The summed E-state index contributed by atoms with van der Waals surface area (Å²) in [6.07, 6.45) is 7.67. The van der Waals surface area contributed by atoms with Gasteiger partial charge in [0.1, 0.15) is 11.6 Å². The van der Waals surface area contributed by atoms with Gasteiger partial charge in [-0.05, 0) is 62.1 Å². The number of aromatic amines is 1. The van der Waals surface area contributed by atoms with Crippen LogP contribution in [0.25, 0.3) is 11.4 Å². The molecule has 1 N–H and O–H groups in total. The lowest BCUT2D eigenvalue weighted by Gasteiger charge is -2.32. The van der Waals surface area contributed by atoms with Crippen molar-refractivity contribution in [3.63, 3.8) is 0 Å². The van der Waals surface area contributed by atoms with E-state index >= 15 is 0 Å². The second-order valence-corrected chi connectivity index (χ2v) is 8.81. The summed E-state index contributed by atoms with van der Waals surface area (Å²) in [6, 6.07) is 11.0. The van der Waals surface area contributed by atoms with Crippen LogP contribution in [-0.2, 0) is 6.54 Å². The third-order valence-corrected chi connectivity index (χ3v) is 6.50. The summed E-state index contributed by atoms with van der Waals surface area (Å²) in [5, 5.41) is 0. The summed E-state index contributed by atoms with van der Waals surface area (Å²) in [7, 11) is 0. The first-order valence-electron chi connectivity index (χ1n) is 11.4. The molecule has 0 unspecified atom stereocenters. The standard InChI is InChI=1S/C25H28FN5O/c26-21-14-18(5-6-23(21)31-12-1-2-13-31)16-30-11-3-4-20(17-30)22-15-24(32)29-25(28-22)19-7-9-27-10-8-19/h5-10,14-15,20H,1-4,11-13,16-17H2,(H,28,29,32)/t20-/m0/s1. The van der Waals surface area contributed by atoms with Crippen molar-refractivity contribution in [2.45, 2.75) is 38.1 Å². The molecule has 0 saturated carbocycles. The highest BCUT2D eigenvalue weighted by atomic mass is 19.1. The highest BCUT2D eigenvalue weighted by molar-refractivity contribution is 5.53. The summed E-state index contributed by atoms with van der Waals surface area (Å²) in [5.74, 6) is 0.628. The summed E-state index contributed by atoms with van der Waals surface area (Å²) in [6.45, 7) is 4.35. The van der Waals surface area contributed by atoms with Gasteiger partial charge in [0.15, 0.2) is 0 Å². The maximum Gasteiger partial charge on any atom is 0.251 e. The average molecular weight is 434 g/mol. The highest BCUT2D eigenvalue weighted by Gasteiger charge is 2.24. The van der Waals surface area contributed by atoms with Crippen molar-refractivity contribution in [3.8, 4) is 11.4 Å². The lowest BCUT2D eigenvalue weighted by molar-refractivity contribution is 0.198. The molecule has 5 rings (SSSR count). The third kappa shape index (κ3) is 4.58. The first-order chi connectivity index (χ1) is 15.7. The highest BCUT2D eigenvalue weighted by Crippen LogP contribution is 2.29. The van der Waals surface area contributed by atoms with Crippen LogP contribution in [0.15, 0.2) is 53.6 Å². The smallest absolute Gasteiger partial charge is 0.251 e. The molecular formula is C25H28FN5O. The minimum absolute atomic E-state index is 0.129. The Bertz CT molecular complexity index is 1130. The quantitative estimate of drug-likeness (QED) is 0.660. The van der Waals surface area contributed by atoms with Crippen molar-refractivity contribution in [1.82, 2.24) is 19.9 Å². The van der Waals surface area contributed by atoms with Crippen LogP contribution in [0.3, 0.4) is 0 Å². The monoisotopic (exact) mass is 433 g/mol. The number of piperidine rings is 1. The Balaban J connectivity index is 1.30. The number of hydrogen-bond acceptors (Lipinski definition) is 5. The molecule has 2 aliphatic heterocycles. The van der Waals surface area contributed by atoms with Crippen molar-refractivity contribution in [2.75, 3.05) is 31.1 Å². The topological polar surface area (TPSA) is 65.1 Å². The molecule has 1 atom stereocenters. The Kier molecular flexibility index (Phi) is 5.99. The van der Waals surface area contributed by atoms with Crippen LogP contribution in [0.2, 0.25) is 0 Å². The minimum Gasteiger partial charge on any atom is -0.369 e. The summed E-state index contributed by atoms with van der Waals surface area (Å²) in [4.78, 5) is 28.4. The molecule has 2 saturated heterocycles. The van der Waals surface area contributed by atoms with E-state index < -0.39 is 0 Å². The predicted octanol–water partition coefficient (Wildman–Crippen LogP) is 3.95. The van der Waals surface area contributed by atoms with E-state index in [9.17, 15) is 9.18 Å². The summed E-state index contributed by atoms with van der Waals surface area (Å²) >= 11 is 0. The molecule has 0 amide bonds. The number of benzene rings is 1. The van der Waals surface area contributed by atoms with Crippen molar-refractivity contribution in [1.29, 1.82) is 0 Å². The zero-order valence-corrected chi connectivity index (χ0v) is 18.1. The van der Waals surface area contributed by atoms with Crippen LogP contribution >= 0.6 is 0 Å². The average Bonchev–Trinajstić information content (AvgIpc) is 3.34. The second kappa shape index (κ2) is 9.20. The second-order valence-electron chi connectivity index (χ2n) is 8.81. The van der Waals surface area contributed by atoms with Gasteiger partial charge < -0.3 is 9.88 Å². The number of hydrogen-bond donors (Lipinski definition) is 1. The van der Waals surface area contributed by atoms with Crippen LogP contribution < -0.4 is 10.5 Å². The minimum atomic E-state index is -0.140. The number of H-pyrrole nitrogens is 1. The van der Waals surface area contributed by atoms with E-state index in [-0.39, 0.29) is 17.3 Å². The van der Waals surface area contributed by atoms with Gasteiger partial charge in [-0.3, -0.25) is 14.7 Å². The van der Waals surface area contributed by atoms with Gasteiger partial charge in [0.05, 0.1) is 11.4 Å². The van der Waals surface area contributed by atoms with Crippen molar-refractivity contribution in [3.05, 3.63) is 76.2 Å². The van der Waals surface area contributed by atoms with Gasteiger partial charge in [0, 0.05) is 56.1 Å². The Morgan fingerprint density at radius 3 is 2.62 bits per heavy atom. The molecule has 166 valence electrons. The Hall–Kier alpha value is -3.06. The SMILES string of the molecule is O=c1cc([C@H]2CCCN(Cc3ccc(N4CCCC4)c(F)c3)C2)nc(-c2ccncc2)[nH]1. The Morgan fingerprint density at radius 2 is 1.84 bits per heavy atom. The number of aromatic nitrogens is 3. The van der Waals surface area contributed by atoms with E-state index in [0.717, 1.165) is 74.4 Å². The van der Waals surface area contributed by atoms with Crippen molar-refractivity contribution < 1.29 is 4.39 Å². The normalized spacial score (nSPS) is 19.4. The number of nitrogens with one attached hydrogen (secondary N) is 1. The molecule has 0 spiro atoms. The predicted molar refractivity (Wildman–Crippen MR) is 123 cm³/mol. The fourth-order valence-corrected chi connectivity index (χ4v) is 4.89. The molecule has 6 nitrogen and oxygen atoms in total.